The van der Waals surface area contributed by atoms with E-state index in [1.54, 1.807) is 26.8 Å². The molecule has 4 heterocycles. The highest BCUT2D eigenvalue weighted by Crippen LogP contribution is 2.34. The topological polar surface area (TPSA) is 75.6 Å². The summed E-state index contributed by atoms with van der Waals surface area (Å²) in [6, 6.07) is 3.49. The van der Waals surface area contributed by atoms with Gasteiger partial charge < -0.3 is 9.64 Å². The van der Waals surface area contributed by atoms with Gasteiger partial charge in [-0.05, 0) is 51.7 Å². The van der Waals surface area contributed by atoms with Gasteiger partial charge in [0.25, 0.3) is 5.91 Å². The lowest BCUT2D eigenvalue weighted by molar-refractivity contribution is 0.0235. The van der Waals surface area contributed by atoms with E-state index in [0.717, 1.165) is 35.7 Å². The Hall–Kier alpha value is -2.55. The summed E-state index contributed by atoms with van der Waals surface area (Å²) in [5.74, 6) is 0.133. The Morgan fingerprint density at radius 1 is 1.26 bits per heavy atom. The number of hydrogen-bond acceptors (Lipinski definition) is 7. The van der Waals surface area contributed by atoms with Crippen LogP contribution in [0, 0.1) is 11.9 Å². The summed E-state index contributed by atoms with van der Waals surface area (Å²) >= 11 is 1.09. The summed E-state index contributed by atoms with van der Waals surface area (Å²) in [5, 5.41) is 0.396. The van der Waals surface area contributed by atoms with E-state index >= 15 is 0 Å². The number of imide groups is 1. The molecule has 2 aliphatic heterocycles. The highest BCUT2D eigenvalue weighted by Gasteiger charge is 2.35. The first-order chi connectivity index (χ1) is 14.6. The van der Waals surface area contributed by atoms with Crippen LogP contribution in [0.3, 0.4) is 0 Å². The molecule has 2 aliphatic rings. The first-order valence-corrected chi connectivity index (χ1v) is 11.4. The van der Waals surface area contributed by atoms with Crippen LogP contribution in [0.4, 0.5) is 15.0 Å². The van der Waals surface area contributed by atoms with Crippen LogP contribution >= 0.6 is 11.3 Å². The number of amides is 2. The molecular formula is C22H27FN4O3S. The SMILES string of the molecule is C[C@@H]1CCCN(c2ccc(-c3nc4c(s3)C(=O)N(C(=O)OC(C)(C)C)CC4)c(F)n2)C1. The lowest BCUT2D eigenvalue weighted by Gasteiger charge is -2.31. The van der Waals surface area contributed by atoms with Crippen LogP contribution < -0.4 is 4.90 Å². The molecule has 7 nitrogen and oxygen atoms in total. The second-order valence-corrected chi connectivity index (χ2v) is 10.2. The molecule has 31 heavy (non-hydrogen) atoms. The molecule has 2 aromatic rings. The van der Waals surface area contributed by atoms with Gasteiger partial charge in [-0.3, -0.25) is 4.79 Å². The highest BCUT2D eigenvalue weighted by atomic mass is 32.1. The van der Waals surface area contributed by atoms with Crippen LogP contribution in [-0.2, 0) is 11.2 Å². The molecule has 0 aliphatic carbocycles. The van der Waals surface area contributed by atoms with Crippen molar-refractivity contribution in [3.8, 4) is 10.6 Å². The quantitative estimate of drug-likeness (QED) is 0.632. The largest absolute Gasteiger partial charge is 0.443 e. The smallest absolute Gasteiger partial charge is 0.417 e. The van der Waals surface area contributed by atoms with Crippen molar-refractivity contribution in [3.63, 3.8) is 0 Å². The minimum Gasteiger partial charge on any atom is -0.443 e. The number of halogens is 1. The predicted molar refractivity (Wildman–Crippen MR) is 117 cm³/mol. The summed E-state index contributed by atoms with van der Waals surface area (Å²) < 4.78 is 20.2. The van der Waals surface area contributed by atoms with Crippen LogP contribution in [0.15, 0.2) is 12.1 Å². The van der Waals surface area contributed by atoms with Crippen LogP contribution in [0.1, 0.15) is 55.9 Å². The molecule has 0 N–H and O–H groups in total. The van der Waals surface area contributed by atoms with Crippen molar-refractivity contribution in [2.75, 3.05) is 24.5 Å². The normalized spacial score (nSPS) is 19.4. The summed E-state index contributed by atoms with van der Waals surface area (Å²) in [6.07, 6.45) is 1.99. The van der Waals surface area contributed by atoms with Gasteiger partial charge in [-0.15, -0.1) is 11.3 Å². The molecule has 0 bridgehead atoms. The molecule has 166 valence electrons. The molecule has 2 aromatic heterocycles. The Balaban J connectivity index is 1.56. The number of hydrogen-bond donors (Lipinski definition) is 0. The maximum Gasteiger partial charge on any atom is 0.417 e. The number of pyridine rings is 1. The Labute approximate surface area is 185 Å². The zero-order chi connectivity index (χ0) is 22.3. The summed E-state index contributed by atoms with van der Waals surface area (Å²) in [5.41, 5.74) is 0.155. The van der Waals surface area contributed by atoms with E-state index in [4.69, 9.17) is 4.74 Å². The molecule has 0 saturated carbocycles. The fourth-order valence-corrected chi connectivity index (χ4v) is 4.97. The molecule has 1 saturated heterocycles. The van der Waals surface area contributed by atoms with Crippen molar-refractivity contribution in [2.24, 2.45) is 5.92 Å². The minimum atomic E-state index is -0.695. The molecule has 1 atom stereocenters. The summed E-state index contributed by atoms with van der Waals surface area (Å²) in [7, 11) is 0. The van der Waals surface area contributed by atoms with E-state index in [1.807, 2.05) is 6.07 Å². The lowest BCUT2D eigenvalue weighted by atomic mass is 10.0. The van der Waals surface area contributed by atoms with E-state index < -0.39 is 23.5 Å². The van der Waals surface area contributed by atoms with Gasteiger partial charge in [-0.2, -0.15) is 4.39 Å². The lowest BCUT2D eigenvalue weighted by Crippen LogP contribution is -2.44. The van der Waals surface area contributed by atoms with Gasteiger partial charge in [0.15, 0.2) is 0 Å². The van der Waals surface area contributed by atoms with Gasteiger partial charge >= 0.3 is 6.09 Å². The Kier molecular flexibility index (Phi) is 5.72. The summed E-state index contributed by atoms with van der Waals surface area (Å²) in [6.45, 7) is 9.37. The van der Waals surface area contributed by atoms with Gasteiger partial charge in [0.05, 0.1) is 11.3 Å². The number of carbonyl (C=O) groups excluding carboxylic acids is 2. The van der Waals surface area contributed by atoms with Crippen molar-refractivity contribution >= 4 is 29.2 Å². The zero-order valence-electron chi connectivity index (χ0n) is 18.3. The van der Waals surface area contributed by atoms with Gasteiger partial charge in [-0.25, -0.2) is 19.7 Å². The maximum absolute atomic E-state index is 14.9. The number of carbonyl (C=O) groups is 2. The van der Waals surface area contributed by atoms with Crippen molar-refractivity contribution < 1.29 is 18.7 Å². The zero-order valence-corrected chi connectivity index (χ0v) is 19.1. The van der Waals surface area contributed by atoms with E-state index in [1.165, 1.54) is 6.42 Å². The monoisotopic (exact) mass is 446 g/mol. The number of anilines is 1. The number of nitrogens with zero attached hydrogens (tertiary/aromatic N) is 4. The first-order valence-electron chi connectivity index (χ1n) is 10.6. The number of ether oxygens (including phenoxy) is 1. The van der Waals surface area contributed by atoms with E-state index in [-0.39, 0.29) is 12.1 Å². The number of thiazole rings is 1. The summed E-state index contributed by atoms with van der Waals surface area (Å²) in [4.78, 5) is 37.4. The fraction of sp³-hybridized carbons (Fsp3) is 0.545. The van der Waals surface area contributed by atoms with Crippen molar-refractivity contribution in [1.82, 2.24) is 14.9 Å². The van der Waals surface area contributed by atoms with Crippen LogP contribution in [0.25, 0.3) is 10.6 Å². The number of aromatic nitrogens is 2. The van der Waals surface area contributed by atoms with Crippen molar-refractivity contribution in [1.29, 1.82) is 0 Å². The Morgan fingerprint density at radius 3 is 2.71 bits per heavy atom. The fourth-order valence-electron chi connectivity index (χ4n) is 3.89. The average Bonchev–Trinajstić information content (AvgIpc) is 3.11. The third-order valence-corrected chi connectivity index (χ3v) is 6.49. The second-order valence-electron chi connectivity index (χ2n) is 9.18. The van der Waals surface area contributed by atoms with Crippen LogP contribution in [0.5, 0.6) is 0 Å². The number of piperidine rings is 1. The van der Waals surface area contributed by atoms with Gasteiger partial charge in [0.2, 0.25) is 5.95 Å². The molecule has 0 unspecified atom stereocenters. The minimum absolute atomic E-state index is 0.191. The van der Waals surface area contributed by atoms with Crippen molar-refractivity contribution in [2.45, 2.75) is 52.6 Å². The molecule has 0 radical (unpaired) electrons. The Morgan fingerprint density at radius 2 is 2.03 bits per heavy atom. The predicted octanol–water partition coefficient (Wildman–Crippen LogP) is 4.51. The second kappa shape index (κ2) is 8.18. The third kappa shape index (κ3) is 4.56. The molecule has 4 rings (SSSR count). The van der Waals surface area contributed by atoms with E-state index in [9.17, 15) is 14.0 Å². The Bertz CT molecular complexity index is 1020. The van der Waals surface area contributed by atoms with E-state index in [2.05, 4.69) is 21.8 Å². The van der Waals surface area contributed by atoms with Gasteiger partial charge in [0, 0.05) is 26.1 Å². The average molecular weight is 447 g/mol. The molecule has 0 spiro atoms. The molecule has 9 heteroatoms. The number of rotatable bonds is 2. The van der Waals surface area contributed by atoms with E-state index in [0.29, 0.717) is 33.7 Å². The van der Waals surface area contributed by atoms with Crippen LogP contribution in [-0.4, -0.2) is 52.1 Å². The van der Waals surface area contributed by atoms with Crippen molar-refractivity contribution in [3.05, 3.63) is 28.7 Å². The molecule has 0 aromatic carbocycles. The maximum atomic E-state index is 14.9. The van der Waals surface area contributed by atoms with Gasteiger partial charge in [0.1, 0.15) is 21.3 Å². The third-order valence-electron chi connectivity index (χ3n) is 5.37. The molecule has 1 fully saturated rings. The highest BCUT2D eigenvalue weighted by molar-refractivity contribution is 7.17. The number of fused-ring (bicyclic) bond motifs is 1. The molecular weight excluding hydrogens is 419 g/mol. The van der Waals surface area contributed by atoms with Crippen LogP contribution in [0.2, 0.25) is 0 Å². The molecule has 2 amide bonds. The van der Waals surface area contributed by atoms with Gasteiger partial charge in [-0.1, -0.05) is 6.92 Å². The first kappa shape index (κ1) is 21.7. The standard InChI is InChI=1S/C22H27FN4O3S/c1-13-6-5-10-26(12-13)16-8-7-14(18(23)25-16)19-24-15-9-11-27(20(28)17(15)31-19)21(29)30-22(2,3)4/h7-8,13H,5-6,9-12H2,1-4H3/t13-/m1/s1.